The van der Waals surface area contributed by atoms with Crippen LogP contribution in [0.15, 0.2) is 42.6 Å². The van der Waals surface area contributed by atoms with Crippen LogP contribution in [0.5, 0.6) is 5.75 Å². The fraction of sp³-hybridized carbons (Fsp3) is 0.476. The lowest BCUT2D eigenvalue weighted by atomic mass is 9.78. The lowest BCUT2D eigenvalue weighted by Crippen LogP contribution is -2.42. The standard InChI is InChI=1S/C21H22F4N2O2/c22-16-2-4-17(5-3-16)29-19-8-15-12-27(11-14(15)7-18(19)28)10-13-1-6-20(26-9-13)21(23,24)25/h1-6,9,14-15,18-19,28H,7-8,10-12H2/t14-,15+,18+,19+/m0/s1. The van der Waals surface area contributed by atoms with Gasteiger partial charge < -0.3 is 9.84 Å². The normalized spacial score (nSPS) is 27.6. The molecule has 1 aliphatic heterocycles. The molecular formula is C21H22F4N2O2. The highest BCUT2D eigenvalue weighted by atomic mass is 19.4. The van der Waals surface area contributed by atoms with Gasteiger partial charge in [0, 0.05) is 25.8 Å². The Morgan fingerprint density at radius 1 is 1.03 bits per heavy atom. The molecule has 4 rings (SSSR count). The maximum Gasteiger partial charge on any atom is 0.433 e. The molecule has 1 aliphatic carbocycles. The highest BCUT2D eigenvalue weighted by molar-refractivity contribution is 5.23. The highest BCUT2D eigenvalue weighted by Gasteiger charge is 2.42. The van der Waals surface area contributed by atoms with Gasteiger partial charge >= 0.3 is 6.18 Å². The molecule has 0 amide bonds. The molecule has 1 saturated heterocycles. The molecule has 29 heavy (non-hydrogen) atoms. The molecule has 1 N–H and O–H groups in total. The zero-order valence-corrected chi connectivity index (χ0v) is 15.6. The van der Waals surface area contributed by atoms with E-state index in [9.17, 15) is 22.7 Å². The molecule has 1 saturated carbocycles. The van der Waals surface area contributed by atoms with Gasteiger partial charge in [-0.05, 0) is 60.6 Å². The van der Waals surface area contributed by atoms with Crippen LogP contribution in [0.25, 0.3) is 0 Å². The van der Waals surface area contributed by atoms with Crippen molar-refractivity contribution >= 4 is 0 Å². The summed E-state index contributed by atoms with van der Waals surface area (Å²) in [6, 6.07) is 8.22. The molecule has 0 unspecified atom stereocenters. The van der Waals surface area contributed by atoms with Crippen molar-refractivity contribution in [3.63, 3.8) is 0 Å². The zero-order valence-electron chi connectivity index (χ0n) is 15.6. The number of aromatic nitrogens is 1. The smallest absolute Gasteiger partial charge is 0.433 e. The molecule has 2 aromatic rings. The molecule has 0 bridgehead atoms. The average molecular weight is 410 g/mol. The van der Waals surface area contributed by atoms with Gasteiger partial charge in [0.2, 0.25) is 0 Å². The van der Waals surface area contributed by atoms with E-state index in [0.29, 0.717) is 37.0 Å². The van der Waals surface area contributed by atoms with Crippen molar-refractivity contribution < 1.29 is 27.4 Å². The highest BCUT2D eigenvalue weighted by Crippen LogP contribution is 2.38. The van der Waals surface area contributed by atoms with E-state index in [2.05, 4.69) is 9.88 Å². The van der Waals surface area contributed by atoms with E-state index in [4.69, 9.17) is 4.74 Å². The fourth-order valence-electron chi connectivity index (χ4n) is 4.37. The van der Waals surface area contributed by atoms with Crippen molar-refractivity contribution in [2.45, 2.75) is 37.8 Å². The van der Waals surface area contributed by atoms with Gasteiger partial charge in [-0.1, -0.05) is 6.07 Å². The Morgan fingerprint density at radius 2 is 1.72 bits per heavy atom. The predicted octanol–water partition coefficient (Wildman–Crippen LogP) is 3.89. The summed E-state index contributed by atoms with van der Waals surface area (Å²) in [5, 5.41) is 10.5. The summed E-state index contributed by atoms with van der Waals surface area (Å²) in [5.41, 5.74) is -0.156. The Hall–Kier alpha value is -2.19. The molecular weight excluding hydrogens is 388 g/mol. The van der Waals surface area contributed by atoms with Crippen LogP contribution < -0.4 is 4.74 Å². The van der Waals surface area contributed by atoms with Crippen LogP contribution >= 0.6 is 0 Å². The Morgan fingerprint density at radius 3 is 2.34 bits per heavy atom. The van der Waals surface area contributed by atoms with E-state index >= 15 is 0 Å². The van der Waals surface area contributed by atoms with Crippen LogP contribution in [-0.4, -0.2) is 40.3 Å². The Bertz CT molecular complexity index is 826. The Kier molecular flexibility index (Phi) is 5.48. The number of aliphatic hydroxyl groups excluding tert-OH is 1. The third kappa shape index (κ3) is 4.70. The summed E-state index contributed by atoms with van der Waals surface area (Å²) < 4.78 is 56.9. The number of nitrogens with zero attached hydrogens (tertiary/aromatic N) is 2. The monoisotopic (exact) mass is 410 g/mol. The van der Waals surface area contributed by atoms with Gasteiger partial charge in [-0.2, -0.15) is 13.2 Å². The second-order valence-corrected chi connectivity index (χ2v) is 7.91. The molecule has 1 aromatic heterocycles. The fourth-order valence-corrected chi connectivity index (χ4v) is 4.37. The molecule has 4 nitrogen and oxygen atoms in total. The van der Waals surface area contributed by atoms with E-state index in [-0.39, 0.29) is 11.9 Å². The maximum atomic E-state index is 13.0. The minimum atomic E-state index is -4.43. The predicted molar refractivity (Wildman–Crippen MR) is 97.6 cm³/mol. The SMILES string of the molecule is O[C@@H]1C[C@H]2CN(Cc3ccc(C(F)(F)F)nc3)C[C@H]2C[C@H]1Oc1ccc(F)cc1. The molecule has 1 aromatic carbocycles. The zero-order chi connectivity index (χ0) is 20.6. The van der Waals surface area contributed by atoms with Crippen LogP contribution in [-0.2, 0) is 12.7 Å². The summed E-state index contributed by atoms with van der Waals surface area (Å²) in [6.07, 6.45) is -2.82. The number of hydrogen-bond acceptors (Lipinski definition) is 4. The minimum absolute atomic E-state index is 0.320. The second kappa shape index (κ2) is 7.91. The molecule has 8 heteroatoms. The number of hydrogen-bond donors (Lipinski definition) is 1. The first-order chi connectivity index (χ1) is 13.8. The van der Waals surface area contributed by atoms with Gasteiger partial charge in [-0.3, -0.25) is 9.88 Å². The Balaban J connectivity index is 1.35. The van der Waals surface area contributed by atoms with Gasteiger partial charge in [0.25, 0.3) is 0 Å². The van der Waals surface area contributed by atoms with Crippen LogP contribution in [0.4, 0.5) is 17.6 Å². The number of alkyl halides is 3. The van der Waals surface area contributed by atoms with Gasteiger partial charge in [0.05, 0.1) is 6.10 Å². The second-order valence-electron chi connectivity index (χ2n) is 7.91. The summed E-state index contributed by atoms with van der Waals surface area (Å²) in [4.78, 5) is 5.71. The number of benzene rings is 1. The lowest BCUT2D eigenvalue weighted by molar-refractivity contribution is -0.141. The third-order valence-electron chi connectivity index (χ3n) is 5.78. The summed E-state index contributed by atoms with van der Waals surface area (Å²) in [6.45, 7) is 2.10. The minimum Gasteiger partial charge on any atom is -0.488 e. The Labute approximate surface area is 166 Å². The largest absolute Gasteiger partial charge is 0.488 e. The number of rotatable bonds is 4. The van der Waals surface area contributed by atoms with Crippen LogP contribution in [0.3, 0.4) is 0 Å². The van der Waals surface area contributed by atoms with Crippen molar-refractivity contribution in [1.29, 1.82) is 0 Å². The van der Waals surface area contributed by atoms with E-state index in [1.807, 2.05) is 0 Å². The number of fused-ring (bicyclic) bond motifs is 1. The van der Waals surface area contributed by atoms with E-state index < -0.39 is 18.0 Å². The van der Waals surface area contributed by atoms with Gasteiger partial charge in [-0.15, -0.1) is 0 Å². The first-order valence-electron chi connectivity index (χ1n) is 9.62. The topological polar surface area (TPSA) is 45.6 Å². The third-order valence-corrected chi connectivity index (χ3v) is 5.78. The molecule has 4 atom stereocenters. The van der Waals surface area contributed by atoms with Crippen molar-refractivity contribution in [3.05, 3.63) is 59.7 Å². The molecule has 0 radical (unpaired) electrons. The van der Waals surface area contributed by atoms with Crippen molar-refractivity contribution in [1.82, 2.24) is 9.88 Å². The quantitative estimate of drug-likeness (QED) is 0.777. The van der Waals surface area contributed by atoms with Gasteiger partial charge in [0.15, 0.2) is 0 Å². The number of aliphatic hydroxyl groups is 1. The summed E-state index contributed by atoms with van der Waals surface area (Å²) in [7, 11) is 0. The van der Waals surface area contributed by atoms with Crippen molar-refractivity contribution in [2.75, 3.05) is 13.1 Å². The van der Waals surface area contributed by atoms with E-state index in [1.165, 1.54) is 24.4 Å². The van der Waals surface area contributed by atoms with Gasteiger partial charge in [-0.25, -0.2) is 4.39 Å². The van der Waals surface area contributed by atoms with Crippen molar-refractivity contribution in [3.8, 4) is 5.75 Å². The number of halogens is 4. The molecule has 0 spiro atoms. The number of pyridine rings is 1. The summed E-state index contributed by atoms with van der Waals surface area (Å²) in [5.74, 6) is 0.845. The molecule has 2 aliphatic rings. The summed E-state index contributed by atoms with van der Waals surface area (Å²) >= 11 is 0. The number of ether oxygens (including phenoxy) is 1. The lowest BCUT2D eigenvalue weighted by Gasteiger charge is -2.35. The van der Waals surface area contributed by atoms with Gasteiger partial charge in [0.1, 0.15) is 23.4 Å². The number of likely N-dealkylation sites (tertiary alicyclic amines) is 1. The first kappa shape index (κ1) is 20.1. The van der Waals surface area contributed by atoms with E-state index in [1.54, 1.807) is 12.1 Å². The van der Waals surface area contributed by atoms with E-state index in [0.717, 1.165) is 24.7 Å². The van der Waals surface area contributed by atoms with Crippen molar-refractivity contribution in [2.24, 2.45) is 11.8 Å². The molecule has 156 valence electrons. The van der Waals surface area contributed by atoms with Crippen LogP contribution in [0.2, 0.25) is 0 Å². The molecule has 2 heterocycles. The molecule has 2 fully saturated rings. The van der Waals surface area contributed by atoms with Crippen LogP contribution in [0.1, 0.15) is 24.1 Å². The maximum absolute atomic E-state index is 13.0. The van der Waals surface area contributed by atoms with Crippen LogP contribution in [0, 0.1) is 17.7 Å². The first-order valence-corrected chi connectivity index (χ1v) is 9.62. The average Bonchev–Trinajstić information content (AvgIpc) is 3.04.